The minimum atomic E-state index is -3.63. The van der Waals surface area contributed by atoms with E-state index in [1.165, 1.54) is 0 Å². The molecule has 12 heteroatoms. The Balaban J connectivity index is -0.0000000112. The first-order valence-corrected chi connectivity index (χ1v) is 3.67. The molecule has 0 aliphatic heterocycles. The maximum Gasteiger partial charge on any atom is 3.00 e. The van der Waals surface area contributed by atoms with Gasteiger partial charge >= 0.3 is 34.4 Å². The first-order valence-electron chi connectivity index (χ1n) is 1.22. The van der Waals surface area contributed by atoms with Gasteiger partial charge in [-0.15, -0.1) is 0 Å². The molecule has 0 fully saturated rings. The molecule has 0 N–H and O–H groups in total. The zero-order valence-electron chi connectivity index (χ0n) is 5.14. The van der Waals surface area contributed by atoms with Crippen molar-refractivity contribution in [3.63, 3.8) is 0 Å². The second kappa shape index (κ2) is 29.7. The van der Waals surface area contributed by atoms with Gasteiger partial charge in [-0.25, -0.2) is 0 Å². The van der Waals surface area contributed by atoms with Crippen molar-refractivity contribution in [3.05, 3.63) is 0 Å². The Labute approximate surface area is 105 Å². The monoisotopic (exact) mass is 305 g/mol. The third kappa shape index (κ3) is 1410. The number of halogens is 2. The summed E-state index contributed by atoms with van der Waals surface area (Å²) in [6.45, 7) is 0. The first-order chi connectivity index (χ1) is 3.46. The summed E-state index contributed by atoms with van der Waals surface area (Å²) >= 11 is 0. The zero-order chi connectivity index (χ0) is 7.15. The standard InChI is InChI=1S/Al.2ClH.Fe.2O3Si/c;;;;2*1-4(2)3/h;2*1H;;;/q+3;;;+3;2*-2/p-2. The van der Waals surface area contributed by atoms with E-state index in [9.17, 15) is 0 Å². The van der Waals surface area contributed by atoms with E-state index in [0.29, 0.717) is 0 Å². The van der Waals surface area contributed by atoms with Gasteiger partial charge in [0.25, 0.3) is 0 Å². The summed E-state index contributed by atoms with van der Waals surface area (Å²) in [5, 5.41) is 0. The Hall–Kier alpha value is 0.866. The van der Waals surface area contributed by atoms with E-state index in [-0.39, 0.29) is 59.2 Å². The fraction of sp³-hybridized carbons (Fsp3) is 0. The van der Waals surface area contributed by atoms with Crippen molar-refractivity contribution in [3.8, 4) is 0 Å². The van der Waals surface area contributed by atoms with Gasteiger partial charge in [-0.2, -0.15) is 0 Å². The van der Waals surface area contributed by atoms with E-state index < -0.39 is 18.3 Å². The molecule has 12 heavy (non-hydrogen) atoms. The van der Waals surface area contributed by atoms with Gasteiger partial charge in [0.2, 0.25) is 0 Å². The molecular weight excluding hydrogens is 306 g/mol. The summed E-state index contributed by atoms with van der Waals surface area (Å²) in [7, 11) is -7.26. The molecule has 0 bridgehead atoms. The van der Waals surface area contributed by atoms with Crippen molar-refractivity contribution >= 4 is 35.7 Å². The maximum absolute atomic E-state index is 8.52. The number of hydrogen-bond acceptors (Lipinski definition) is 6. The zero-order valence-corrected chi connectivity index (χ0v) is 10.9. The van der Waals surface area contributed by atoms with Gasteiger partial charge in [-0.3, -0.25) is 0 Å². The molecule has 0 heterocycles. The number of hydrogen-bond donors (Lipinski definition) is 0. The molecule has 0 aliphatic carbocycles. The fourth-order valence-corrected chi connectivity index (χ4v) is 0. The molecule has 0 aromatic rings. The Morgan fingerprint density at radius 1 is 0.750 bits per heavy atom. The Bertz CT molecular complexity index is 81.5. The molecule has 1 radical (unpaired) electrons. The third-order valence-corrected chi connectivity index (χ3v) is 0. The summed E-state index contributed by atoms with van der Waals surface area (Å²) in [6.07, 6.45) is 0. The van der Waals surface area contributed by atoms with Crippen LogP contribution in [0, 0.1) is 0 Å². The molecule has 6 nitrogen and oxygen atoms in total. The molecule has 0 aliphatic rings. The van der Waals surface area contributed by atoms with E-state index in [1.807, 2.05) is 0 Å². The van der Waals surface area contributed by atoms with Crippen LogP contribution in [-0.2, 0) is 26.0 Å². The van der Waals surface area contributed by atoms with Crippen LogP contribution < -0.4 is 44.0 Å². The molecule has 0 atom stereocenters. The van der Waals surface area contributed by atoms with Gasteiger partial charge < -0.3 is 52.9 Å². The van der Waals surface area contributed by atoms with Crippen molar-refractivity contribution < 1.29 is 70.0 Å². The van der Waals surface area contributed by atoms with Crippen LogP contribution in [0.1, 0.15) is 0 Å². The Kier molecular flexibility index (Phi) is 95.2. The van der Waals surface area contributed by atoms with Crippen LogP contribution in [0.15, 0.2) is 0 Å². The summed E-state index contributed by atoms with van der Waals surface area (Å²) < 4.78 is 17.0. The predicted molar refractivity (Wildman–Crippen MR) is 18.6 cm³/mol. The molecule has 0 unspecified atom stereocenters. The van der Waals surface area contributed by atoms with E-state index in [0.717, 1.165) is 0 Å². The van der Waals surface area contributed by atoms with Crippen LogP contribution >= 0.6 is 0 Å². The SMILES string of the molecule is O=[Si]([O-])[O-].O=[Si]([O-])[O-].[Al+3].[Cl-].[Cl-].[Fe+3]. The van der Waals surface area contributed by atoms with E-state index in [1.54, 1.807) is 0 Å². The van der Waals surface area contributed by atoms with Gasteiger partial charge in [-0.1, -0.05) is 0 Å². The summed E-state index contributed by atoms with van der Waals surface area (Å²) in [6, 6.07) is 0. The normalized spacial score (nSPS) is 4.00. The Morgan fingerprint density at radius 2 is 0.750 bits per heavy atom. The van der Waals surface area contributed by atoms with Crippen molar-refractivity contribution in [1.82, 2.24) is 0 Å². The van der Waals surface area contributed by atoms with Gasteiger partial charge in [0.15, 0.2) is 0 Å². The molecule has 0 saturated heterocycles. The maximum atomic E-state index is 8.52. The van der Waals surface area contributed by atoms with Crippen LogP contribution in [0.25, 0.3) is 0 Å². The quantitative estimate of drug-likeness (QED) is 0.409. The summed E-state index contributed by atoms with van der Waals surface area (Å²) in [5.74, 6) is 0. The van der Waals surface area contributed by atoms with E-state index in [4.69, 9.17) is 28.1 Å². The Morgan fingerprint density at radius 3 is 0.750 bits per heavy atom. The van der Waals surface area contributed by atoms with Gasteiger partial charge in [0, 0.05) is 18.3 Å². The molecule has 0 spiro atoms. The minimum Gasteiger partial charge on any atom is -1.00 e. The van der Waals surface area contributed by atoms with Crippen LogP contribution in [0.3, 0.4) is 0 Å². The summed E-state index contributed by atoms with van der Waals surface area (Å²) in [4.78, 5) is 34.1. The van der Waals surface area contributed by atoms with Crippen molar-refractivity contribution in [2.75, 3.05) is 0 Å². The van der Waals surface area contributed by atoms with Gasteiger partial charge in [0.05, 0.1) is 0 Å². The molecular formula is AlCl2FeO6Si2. The first kappa shape index (κ1) is 38.4. The van der Waals surface area contributed by atoms with Gasteiger partial charge in [-0.05, 0) is 0 Å². The molecule has 0 rings (SSSR count). The smallest absolute Gasteiger partial charge is 1.00 e. The van der Waals surface area contributed by atoms with Gasteiger partial charge in [0.1, 0.15) is 0 Å². The summed E-state index contributed by atoms with van der Waals surface area (Å²) in [5.41, 5.74) is 0. The number of rotatable bonds is 0. The van der Waals surface area contributed by atoms with Crippen LogP contribution in [0.2, 0.25) is 0 Å². The van der Waals surface area contributed by atoms with Crippen LogP contribution in [-0.4, -0.2) is 35.7 Å². The third-order valence-electron chi connectivity index (χ3n) is 0. The van der Waals surface area contributed by atoms with Crippen molar-refractivity contribution in [2.45, 2.75) is 0 Å². The largest absolute Gasteiger partial charge is 3.00 e. The van der Waals surface area contributed by atoms with E-state index in [2.05, 4.69) is 0 Å². The van der Waals surface area contributed by atoms with Crippen LogP contribution in [0.5, 0.6) is 0 Å². The second-order valence-electron chi connectivity index (χ2n) is 0.500. The molecule has 0 aromatic heterocycles. The van der Waals surface area contributed by atoms with Crippen molar-refractivity contribution in [2.24, 2.45) is 0 Å². The average molecular weight is 306 g/mol. The molecule has 0 aromatic carbocycles. The predicted octanol–water partition coefficient (Wildman–Crippen LogP) is -12.1. The molecule has 0 amide bonds. The average Bonchev–Trinajstić information content (AvgIpc) is 1.25. The minimum absolute atomic E-state index is 0. The van der Waals surface area contributed by atoms with Crippen molar-refractivity contribution in [1.29, 1.82) is 0 Å². The van der Waals surface area contributed by atoms with Crippen LogP contribution in [0.4, 0.5) is 0 Å². The van der Waals surface area contributed by atoms with E-state index >= 15 is 0 Å². The topological polar surface area (TPSA) is 126 Å². The molecule has 0 saturated carbocycles. The fourth-order valence-electron chi connectivity index (χ4n) is 0. The molecule has 69 valence electrons. The second-order valence-corrected chi connectivity index (χ2v) is 1.50.